The summed E-state index contributed by atoms with van der Waals surface area (Å²) in [6.45, 7) is 16.9. The molecule has 2 aliphatic heterocycles. The number of nitrogens with zero attached hydrogens (tertiary/aromatic N) is 1. The summed E-state index contributed by atoms with van der Waals surface area (Å²) in [5.74, 6) is -0.261. The van der Waals surface area contributed by atoms with Gasteiger partial charge in [0.05, 0.1) is 18.1 Å². The number of fused-ring (bicyclic) bond motifs is 3. The molecule has 0 aromatic carbocycles. The highest BCUT2D eigenvalue weighted by atomic mass is 28.4. The van der Waals surface area contributed by atoms with Crippen molar-refractivity contribution in [2.75, 3.05) is 6.61 Å². The van der Waals surface area contributed by atoms with Gasteiger partial charge in [-0.2, -0.15) is 0 Å². The smallest absolute Gasteiger partial charge is 0.355 e. The van der Waals surface area contributed by atoms with Gasteiger partial charge in [-0.25, -0.2) is 4.79 Å². The zero-order chi connectivity index (χ0) is 20.9. The highest BCUT2D eigenvalue weighted by Gasteiger charge is 2.62. The van der Waals surface area contributed by atoms with Crippen molar-refractivity contribution in [2.45, 2.75) is 83.7 Å². The maximum Gasteiger partial charge on any atom is 0.355 e. The van der Waals surface area contributed by atoms with Gasteiger partial charge in [0.25, 0.3) is 0 Å². The van der Waals surface area contributed by atoms with Gasteiger partial charge >= 0.3 is 5.97 Å². The van der Waals surface area contributed by atoms with Crippen molar-refractivity contribution < 1.29 is 18.8 Å². The first-order valence-corrected chi connectivity index (χ1v) is 13.4. The van der Waals surface area contributed by atoms with Crippen LogP contribution in [0.1, 0.15) is 53.4 Å². The maximum atomic E-state index is 13.2. The fourth-order valence-electron chi connectivity index (χ4n) is 4.71. The highest BCUT2D eigenvalue weighted by molar-refractivity contribution is 6.74. The van der Waals surface area contributed by atoms with Crippen molar-refractivity contribution in [1.29, 1.82) is 0 Å². The predicted octanol–water partition coefficient (Wildman–Crippen LogP) is 4.41. The number of carbonyl (C=O) groups excluding carboxylic acids is 2. The molecule has 28 heavy (non-hydrogen) atoms. The molecule has 5 nitrogen and oxygen atoms in total. The van der Waals surface area contributed by atoms with Crippen LogP contribution in [0.2, 0.25) is 18.1 Å². The molecular weight excluding hydrogens is 370 g/mol. The van der Waals surface area contributed by atoms with E-state index >= 15 is 0 Å². The number of carbonyl (C=O) groups is 2. The van der Waals surface area contributed by atoms with E-state index in [1.165, 1.54) is 0 Å². The maximum absolute atomic E-state index is 13.2. The number of amides is 1. The Kier molecular flexibility index (Phi) is 5.67. The van der Waals surface area contributed by atoms with Crippen LogP contribution in [0.5, 0.6) is 0 Å². The molecule has 0 bridgehead atoms. The van der Waals surface area contributed by atoms with Crippen molar-refractivity contribution >= 4 is 20.2 Å². The molecule has 1 amide bonds. The Morgan fingerprint density at radius 2 is 2.04 bits per heavy atom. The first-order valence-electron chi connectivity index (χ1n) is 10.5. The third-order valence-electron chi connectivity index (χ3n) is 7.12. The second kappa shape index (κ2) is 7.45. The minimum atomic E-state index is -1.97. The number of hydrogen-bond acceptors (Lipinski definition) is 4. The summed E-state index contributed by atoms with van der Waals surface area (Å²) in [6, 6.07) is 0.0499. The van der Waals surface area contributed by atoms with Crippen molar-refractivity contribution in [3.05, 3.63) is 23.9 Å². The first-order chi connectivity index (χ1) is 13.0. The van der Waals surface area contributed by atoms with Crippen LogP contribution in [0.4, 0.5) is 0 Å². The summed E-state index contributed by atoms with van der Waals surface area (Å²) >= 11 is 0. The van der Waals surface area contributed by atoms with Gasteiger partial charge in [-0.3, -0.25) is 4.79 Å². The van der Waals surface area contributed by atoms with Gasteiger partial charge in [0.1, 0.15) is 12.3 Å². The van der Waals surface area contributed by atoms with Crippen molar-refractivity contribution in [1.82, 2.24) is 4.90 Å². The van der Waals surface area contributed by atoms with E-state index in [-0.39, 0.29) is 47.5 Å². The zero-order valence-corrected chi connectivity index (χ0v) is 19.2. The summed E-state index contributed by atoms with van der Waals surface area (Å²) < 4.78 is 11.9. The minimum absolute atomic E-state index is 0.0173. The molecule has 1 saturated carbocycles. The Hall–Kier alpha value is -1.40. The SMILES string of the molecule is C=CCOC(=O)C1=C2CCCC[C@@H]2[C@@H]2[C@@H]([C@@H](C)O[Si](C)(C)C(C)(C)C)C(=O)N12. The van der Waals surface area contributed by atoms with E-state index in [4.69, 9.17) is 9.16 Å². The monoisotopic (exact) mass is 405 g/mol. The molecule has 156 valence electrons. The molecule has 1 aliphatic carbocycles. The van der Waals surface area contributed by atoms with E-state index in [0.29, 0.717) is 5.70 Å². The third kappa shape index (κ3) is 3.39. The molecule has 2 fully saturated rings. The van der Waals surface area contributed by atoms with Crippen LogP contribution < -0.4 is 0 Å². The number of ether oxygens (including phenoxy) is 1. The average molecular weight is 406 g/mol. The summed E-state index contributed by atoms with van der Waals surface area (Å²) in [4.78, 5) is 27.6. The van der Waals surface area contributed by atoms with E-state index in [2.05, 4.69) is 40.4 Å². The van der Waals surface area contributed by atoms with Crippen LogP contribution in [0, 0.1) is 11.8 Å². The van der Waals surface area contributed by atoms with Gasteiger partial charge < -0.3 is 14.1 Å². The lowest BCUT2D eigenvalue weighted by molar-refractivity contribution is -0.163. The molecule has 3 rings (SSSR count). The molecule has 6 heteroatoms. The zero-order valence-electron chi connectivity index (χ0n) is 18.2. The molecule has 1 saturated heterocycles. The Balaban J connectivity index is 1.83. The predicted molar refractivity (Wildman–Crippen MR) is 112 cm³/mol. The van der Waals surface area contributed by atoms with Crippen LogP contribution in [-0.4, -0.2) is 43.8 Å². The summed E-state index contributed by atoms with van der Waals surface area (Å²) in [6.07, 6.45) is 5.55. The van der Waals surface area contributed by atoms with Crippen LogP contribution in [0.3, 0.4) is 0 Å². The molecule has 0 aromatic rings. The highest BCUT2D eigenvalue weighted by Crippen LogP contribution is 2.53. The van der Waals surface area contributed by atoms with Gasteiger partial charge in [-0.15, -0.1) is 0 Å². The second-order valence-corrected chi connectivity index (χ2v) is 14.7. The fraction of sp³-hybridized carbons (Fsp3) is 0.727. The standard InChI is InChI=1S/C22H35NO4Si/c1-8-13-26-21(25)19-16-12-10-9-11-15(16)18-17(20(24)23(18)19)14(2)27-28(6,7)22(3,4)5/h8,14-15,17-18H,1,9-13H2,2-7H3/t14-,15+,17-,18-/m1/s1. The largest absolute Gasteiger partial charge is 0.457 e. The topological polar surface area (TPSA) is 55.8 Å². The van der Waals surface area contributed by atoms with Crippen LogP contribution in [0.25, 0.3) is 0 Å². The number of esters is 1. The minimum Gasteiger partial charge on any atom is -0.457 e. The van der Waals surface area contributed by atoms with Gasteiger partial charge in [0.2, 0.25) is 5.91 Å². The lowest BCUT2D eigenvalue weighted by atomic mass is 9.72. The van der Waals surface area contributed by atoms with Crippen LogP contribution >= 0.6 is 0 Å². The van der Waals surface area contributed by atoms with Crippen molar-refractivity contribution in [3.8, 4) is 0 Å². The molecule has 0 spiro atoms. The molecule has 3 aliphatic rings. The summed E-state index contributed by atoms with van der Waals surface area (Å²) in [5, 5.41) is 0.0946. The molecule has 4 atom stereocenters. The lowest BCUT2D eigenvalue weighted by Gasteiger charge is -2.50. The Morgan fingerprint density at radius 1 is 1.36 bits per heavy atom. The molecule has 0 unspecified atom stereocenters. The lowest BCUT2D eigenvalue weighted by Crippen LogP contribution is -2.65. The Bertz CT molecular complexity index is 706. The average Bonchev–Trinajstić information content (AvgIpc) is 2.89. The van der Waals surface area contributed by atoms with E-state index < -0.39 is 8.32 Å². The van der Waals surface area contributed by atoms with Gasteiger partial charge in [-0.1, -0.05) is 39.8 Å². The van der Waals surface area contributed by atoms with Gasteiger partial charge in [0.15, 0.2) is 8.32 Å². The van der Waals surface area contributed by atoms with E-state index in [1.54, 1.807) is 11.0 Å². The fourth-order valence-corrected chi connectivity index (χ4v) is 6.14. The molecule has 0 radical (unpaired) electrons. The molecule has 0 aromatic heterocycles. The van der Waals surface area contributed by atoms with Crippen molar-refractivity contribution in [2.24, 2.45) is 11.8 Å². The summed E-state index contributed by atoms with van der Waals surface area (Å²) in [7, 11) is -1.97. The first kappa shape index (κ1) is 21.3. The number of β-lactam (4-membered cyclic amide) rings is 1. The van der Waals surface area contributed by atoms with Gasteiger partial charge in [-0.05, 0) is 49.9 Å². The van der Waals surface area contributed by atoms with E-state index in [0.717, 1.165) is 31.3 Å². The molecular formula is C22H35NO4Si. The second-order valence-electron chi connectivity index (χ2n) is 9.92. The Labute approximate surface area is 170 Å². The quantitative estimate of drug-likeness (QED) is 0.284. The van der Waals surface area contributed by atoms with E-state index in [1.807, 2.05) is 6.92 Å². The number of rotatable bonds is 6. The van der Waals surface area contributed by atoms with Crippen LogP contribution in [0.15, 0.2) is 23.9 Å². The van der Waals surface area contributed by atoms with Crippen LogP contribution in [-0.2, 0) is 18.8 Å². The van der Waals surface area contributed by atoms with Gasteiger partial charge in [0, 0.05) is 5.92 Å². The molecule has 0 N–H and O–H groups in total. The summed E-state index contributed by atoms with van der Waals surface area (Å²) in [5.41, 5.74) is 1.64. The molecule has 2 heterocycles. The third-order valence-corrected chi connectivity index (χ3v) is 11.7. The normalized spacial score (nSPS) is 28.4. The number of hydrogen-bond donors (Lipinski definition) is 0. The van der Waals surface area contributed by atoms with E-state index in [9.17, 15) is 9.59 Å². The van der Waals surface area contributed by atoms with Crippen molar-refractivity contribution in [3.63, 3.8) is 0 Å². The Morgan fingerprint density at radius 3 is 2.64 bits per heavy atom.